The van der Waals surface area contributed by atoms with Crippen molar-refractivity contribution in [3.63, 3.8) is 0 Å². The van der Waals surface area contributed by atoms with Crippen LogP contribution in [0.2, 0.25) is 5.02 Å². The number of hydrogen-bond donors (Lipinski definition) is 2. The number of carbonyl (C=O) groups is 2. The van der Waals surface area contributed by atoms with Crippen molar-refractivity contribution in [1.82, 2.24) is 20.1 Å². The molecule has 0 aliphatic rings. The molecule has 0 spiro atoms. The number of nitrogens with one attached hydrogen (secondary N) is 2. The van der Waals surface area contributed by atoms with Gasteiger partial charge in [0.25, 0.3) is 5.91 Å². The molecule has 2 amide bonds. The van der Waals surface area contributed by atoms with Gasteiger partial charge < -0.3 is 15.2 Å². The number of nitrogens with zero attached hydrogens (tertiary/aromatic N) is 3. The van der Waals surface area contributed by atoms with E-state index in [1.807, 2.05) is 54.0 Å². The summed E-state index contributed by atoms with van der Waals surface area (Å²) in [5.74, 6) is 0.766. The van der Waals surface area contributed by atoms with Crippen molar-refractivity contribution in [2.45, 2.75) is 44.9 Å². The number of hydrogen-bond acceptors (Lipinski definition) is 5. The molecule has 0 bridgehead atoms. The van der Waals surface area contributed by atoms with Crippen LogP contribution < -0.4 is 10.6 Å². The number of aromatic nitrogens is 3. The van der Waals surface area contributed by atoms with Crippen LogP contribution in [-0.4, -0.2) is 32.3 Å². The fourth-order valence-corrected chi connectivity index (χ4v) is 5.23. The first-order valence-corrected chi connectivity index (χ1v) is 13.6. The molecule has 4 rings (SSSR count). The van der Waals surface area contributed by atoms with Crippen LogP contribution in [0.25, 0.3) is 10.8 Å². The van der Waals surface area contributed by atoms with Crippen LogP contribution in [0.1, 0.15) is 49.4 Å². The summed E-state index contributed by atoms with van der Waals surface area (Å²) in [6, 6.07) is 20.4. The average molecular weight is 536 g/mol. The van der Waals surface area contributed by atoms with Gasteiger partial charge in [-0.15, -0.1) is 10.2 Å². The predicted molar refractivity (Wildman–Crippen MR) is 150 cm³/mol. The van der Waals surface area contributed by atoms with Gasteiger partial charge in [-0.25, -0.2) is 0 Å². The van der Waals surface area contributed by atoms with E-state index in [-0.39, 0.29) is 23.6 Å². The first-order chi connectivity index (χ1) is 17.9. The Labute approximate surface area is 226 Å². The molecule has 0 fully saturated rings. The van der Waals surface area contributed by atoms with Gasteiger partial charge in [0, 0.05) is 17.6 Å². The lowest BCUT2D eigenvalue weighted by Crippen LogP contribution is -2.31. The van der Waals surface area contributed by atoms with Crippen molar-refractivity contribution in [3.05, 3.63) is 83.1 Å². The zero-order valence-electron chi connectivity index (χ0n) is 21.1. The van der Waals surface area contributed by atoms with Crippen molar-refractivity contribution < 1.29 is 9.59 Å². The van der Waals surface area contributed by atoms with E-state index in [0.29, 0.717) is 40.5 Å². The second-order valence-corrected chi connectivity index (χ2v) is 10.4. The molecule has 9 heteroatoms. The number of benzene rings is 3. The van der Waals surface area contributed by atoms with E-state index in [1.54, 1.807) is 24.3 Å². The number of anilines is 1. The molecule has 0 saturated heterocycles. The molecule has 1 atom stereocenters. The average Bonchev–Trinajstić information content (AvgIpc) is 3.30. The summed E-state index contributed by atoms with van der Waals surface area (Å²) in [6.45, 7) is 6.78. The Morgan fingerprint density at radius 2 is 1.73 bits per heavy atom. The van der Waals surface area contributed by atoms with Crippen LogP contribution in [-0.2, 0) is 11.3 Å². The molecule has 1 heterocycles. The van der Waals surface area contributed by atoms with E-state index >= 15 is 0 Å². The SMILES string of the molecule is CCn1c(SCC(=O)Nc2cccc3ccccc23)nnc1[C@H](CC(C)C)NC(=O)c1ccccc1Cl. The minimum absolute atomic E-state index is 0.126. The minimum atomic E-state index is -0.352. The van der Waals surface area contributed by atoms with Gasteiger partial charge in [0.15, 0.2) is 11.0 Å². The fourth-order valence-electron chi connectivity index (χ4n) is 4.19. The first kappa shape index (κ1) is 26.7. The standard InChI is InChI=1S/C28H30ClN5O2S/c1-4-34-26(24(16-18(2)3)31-27(36)21-13-7-8-14-22(21)29)32-33-28(34)37-17-25(35)30-23-15-9-11-19-10-5-6-12-20(19)23/h5-15,18,24H,4,16-17H2,1-3H3,(H,30,35)(H,31,36)/t24-/m0/s1. The van der Waals surface area contributed by atoms with Gasteiger partial charge in [-0.3, -0.25) is 9.59 Å². The normalized spacial score (nSPS) is 12.0. The third-order valence-electron chi connectivity index (χ3n) is 5.90. The Morgan fingerprint density at radius 1 is 1.00 bits per heavy atom. The molecule has 0 aliphatic carbocycles. The van der Waals surface area contributed by atoms with Crippen molar-refractivity contribution in [2.75, 3.05) is 11.1 Å². The Bertz CT molecular complexity index is 1400. The maximum Gasteiger partial charge on any atom is 0.253 e. The van der Waals surface area contributed by atoms with Crippen LogP contribution in [0, 0.1) is 5.92 Å². The third kappa shape index (κ3) is 6.50. The summed E-state index contributed by atoms with van der Waals surface area (Å²) in [5, 5.41) is 18.0. The van der Waals surface area contributed by atoms with E-state index in [2.05, 4.69) is 34.7 Å². The van der Waals surface area contributed by atoms with Crippen LogP contribution in [0.4, 0.5) is 5.69 Å². The summed E-state index contributed by atoms with van der Waals surface area (Å²) in [6.07, 6.45) is 0.681. The highest BCUT2D eigenvalue weighted by Crippen LogP contribution is 2.27. The summed E-state index contributed by atoms with van der Waals surface area (Å²) < 4.78 is 1.95. The maximum atomic E-state index is 13.0. The quantitative estimate of drug-likeness (QED) is 0.231. The number of rotatable bonds is 10. The van der Waals surface area contributed by atoms with Crippen LogP contribution >= 0.6 is 23.4 Å². The van der Waals surface area contributed by atoms with Crippen LogP contribution in [0.15, 0.2) is 71.9 Å². The van der Waals surface area contributed by atoms with Gasteiger partial charge in [0.05, 0.1) is 22.4 Å². The molecule has 2 N–H and O–H groups in total. The number of fused-ring (bicyclic) bond motifs is 1. The Hall–Kier alpha value is -3.36. The summed E-state index contributed by atoms with van der Waals surface area (Å²) in [7, 11) is 0. The van der Waals surface area contributed by atoms with E-state index in [9.17, 15) is 9.59 Å². The largest absolute Gasteiger partial charge is 0.342 e. The van der Waals surface area contributed by atoms with Gasteiger partial charge in [-0.05, 0) is 42.8 Å². The van der Waals surface area contributed by atoms with Gasteiger partial charge in [0.1, 0.15) is 0 Å². The number of halogens is 1. The molecule has 0 aliphatic heterocycles. The lowest BCUT2D eigenvalue weighted by Gasteiger charge is -2.21. The monoisotopic (exact) mass is 535 g/mol. The molecular weight excluding hydrogens is 506 g/mol. The fraction of sp³-hybridized carbons (Fsp3) is 0.286. The molecule has 0 saturated carbocycles. The van der Waals surface area contributed by atoms with E-state index in [1.165, 1.54) is 11.8 Å². The lowest BCUT2D eigenvalue weighted by atomic mass is 10.0. The Balaban J connectivity index is 1.48. The van der Waals surface area contributed by atoms with Crippen molar-refractivity contribution in [1.29, 1.82) is 0 Å². The second-order valence-electron chi connectivity index (χ2n) is 9.08. The molecule has 0 unspecified atom stereocenters. The first-order valence-electron chi connectivity index (χ1n) is 12.3. The Morgan fingerprint density at radius 3 is 2.49 bits per heavy atom. The van der Waals surface area contributed by atoms with E-state index < -0.39 is 0 Å². The van der Waals surface area contributed by atoms with Gasteiger partial charge in [-0.1, -0.05) is 85.7 Å². The molecule has 3 aromatic carbocycles. The third-order valence-corrected chi connectivity index (χ3v) is 7.20. The van der Waals surface area contributed by atoms with Crippen molar-refractivity contribution >= 4 is 51.6 Å². The summed E-state index contributed by atoms with van der Waals surface area (Å²) >= 11 is 7.57. The lowest BCUT2D eigenvalue weighted by molar-refractivity contribution is -0.113. The topological polar surface area (TPSA) is 88.9 Å². The highest BCUT2D eigenvalue weighted by atomic mass is 35.5. The molecule has 1 aromatic heterocycles. The maximum absolute atomic E-state index is 13.0. The zero-order valence-corrected chi connectivity index (χ0v) is 22.6. The van der Waals surface area contributed by atoms with Gasteiger partial charge >= 0.3 is 0 Å². The van der Waals surface area contributed by atoms with Crippen molar-refractivity contribution in [2.24, 2.45) is 5.92 Å². The smallest absolute Gasteiger partial charge is 0.253 e. The highest BCUT2D eigenvalue weighted by Gasteiger charge is 2.25. The predicted octanol–water partition coefficient (Wildman–Crippen LogP) is 6.35. The minimum Gasteiger partial charge on any atom is -0.342 e. The molecule has 192 valence electrons. The number of carbonyl (C=O) groups excluding carboxylic acids is 2. The Kier molecular flexibility index (Phi) is 8.84. The number of thioether (sulfide) groups is 1. The molecule has 4 aromatic rings. The molecule has 0 radical (unpaired) electrons. The van der Waals surface area contributed by atoms with Crippen LogP contribution in [0.5, 0.6) is 0 Å². The zero-order chi connectivity index (χ0) is 26.4. The highest BCUT2D eigenvalue weighted by molar-refractivity contribution is 7.99. The van der Waals surface area contributed by atoms with Gasteiger partial charge in [-0.2, -0.15) is 0 Å². The molecule has 7 nitrogen and oxygen atoms in total. The molecular formula is C28H30ClN5O2S. The number of amides is 2. The summed E-state index contributed by atoms with van der Waals surface area (Å²) in [4.78, 5) is 25.8. The van der Waals surface area contributed by atoms with Crippen molar-refractivity contribution in [3.8, 4) is 0 Å². The van der Waals surface area contributed by atoms with Gasteiger partial charge in [0.2, 0.25) is 5.91 Å². The summed E-state index contributed by atoms with van der Waals surface area (Å²) in [5.41, 5.74) is 1.20. The second kappa shape index (κ2) is 12.3. The van der Waals surface area contributed by atoms with E-state index in [0.717, 1.165) is 16.5 Å². The van der Waals surface area contributed by atoms with Crippen LogP contribution in [0.3, 0.4) is 0 Å². The molecule has 37 heavy (non-hydrogen) atoms. The van der Waals surface area contributed by atoms with E-state index in [4.69, 9.17) is 11.6 Å².